The van der Waals surface area contributed by atoms with Crippen LogP contribution in [-0.2, 0) is 6.54 Å². The largest absolute Gasteiger partial charge is 0.393 e. The number of hydrogen-bond donors (Lipinski definition) is 1. The molecule has 1 fully saturated rings. The maximum atomic E-state index is 9.51. The van der Waals surface area contributed by atoms with Gasteiger partial charge in [-0.05, 0) is 31.4 Å². The van der Waals surface area contributed by atoms with Crippen molar-refractivity contribution in [3.8, 4) is 0 Å². The zero-order chi connectivity index (χ0) is 10.7. The molecule has 2 heteroatoms. The molecule has 15 heavy (non-hydrogen) atoms. The molecule has 0 amide bonds. The highest BCUT2D eigenvalue weighted by molar-refractivity contribution is 5.14. The minimum absolute atomic E-state index is 0.161. The van der Waals surface area contributed by atoms with Gasteiger partial charge in [-0.2, -0.15) is 0 Å². The summed E-state index contributed by atoms with van der Waals surface area (Å²) in [5.74, 6) is 0.466. The molecular formula is C13H19NO. The Labute approximate surface area is 91.5 Å². The lowest BCUT2D eigenvalue weighted by Gasteiger charge is -2.17. The van der Waals surface area contributed by atoms with Crippen LogP contribution in [0.25, 0.3) is 0 Å². The molecule has 0 aliphatic carbocycles. The van der Waals surface area contributed by atoms with E-state index in [2.05, 4.69) is 29.2 Å². The van der Waals surface area contributed by atoms with Gasteiger partial charge in [-0.15, -0.1) is 0 Å². The van der Waals surface area contributed by atoms with E-state index >= 15 is 0 Å². The Morgan fingerprint density at radius 1 is 1.40 bits per heavy atom. The summed E-state index contributed by atoms with van der Waals surface area (Å²) in [4.78, 5) is 2.42. The van der Waals surface area contributed by atoms with E-state index < -0.39 is 0 Å². The number of aliphatic hydroxyl groups is 1. The Kier molecular flexibility index (Phi) is 3.39. The quantitative estimate of drug-likeness (QED) is 0.814. The van der Waals surface area contributed by atoms with Crippen molar-refractivity contribution in [2.45, 2.75) is 26.0 Å². The molecule has 0 radical (unpaired) electrons. The van der Waals surface area contributed by atoms with Gasteiger partial charge in [0.05, 0.1) is 6.10 Å². The van der Waals surface area contributed by atoms with E-state index in [1.165, 1.54) is 5.56 Å². The number of likely N-dealkylation sites (tertiary alicyclic amines) is 1. The first-order chi connectivity index (χ1) is 7.25. The first kappa shape index (κ1) is 10.7. The maximum Gasteiger partial charge on any atom is 0.0552 e. The number of benzene rings is 1. The van der Waals surface area contributed by atoms with Gasteiger partial charge in [0.2, 0.25) is 0 Å². The van der Waals surface area contributed by atoms with Crippen LogP contribution in [0.5, 0.6) is 0 Å². The third kappa shape index (κ3) is 2.80. The number of nitrogens with zero attached hydrogens (tertiary/aromatic N) is 1. The van der Waals surface area contributed by atoms with Crippen molar-refractivity contribution in [3.05, 3.63) is 35.9 Å². The lowest BCUT2D eigenvalue weighted by Crippen LogP contribution is -2.23. The predicted octanol–water partition coefficient (Wildman–Crippen LogP) is 1.89. The Morgan fingerprint density at radius 3 is 2.73 bits per heavy atom. The second kappa shape index (κ2) is 4.77. The van der Waals surface area contributed by atoms with Gasteiger partial charge < -0.3 is 5.11 Å². The fourth-order valence-corrected chi connectivity index (χ4v) is 2.24. The van der Waals surface area contributed by atoms with Gasteiger partial charge >= 0.3 is 0 Å². The van der Waals surface area contributed by atoms with Crippen LogP contribution in [-0.4, -0.2) is 29.2 Å². The highest BCUT2D eigenvalue weighted by Crippen LogP contribution is 2.21. The van der Waals surface area contributed by atoms with Crippen molar-refractivity contribution < 1.29 is 5.11 Å². The summed E-state index contributed by atoms with van der Waals surface area (Å²) in [5, 5.41) is 9.51. The molecule has 1 aromatic carbocycles. The molecule has 82 valence electrons. The molecule has 0 unspecified atom stereocenters. The molecule has 0 saturated carbocycles. The number of rotatable bonds is 3. The smallest absolute Gasteiger partial charge is 0.0552 e. The molecule has 2 nitrogen and oxygen atoms in total. The molecule has 0 aromatic heterocycles. The van der Waals surface area contributed by atoms with Crippen molar-refractivity contribution in [1.82, 2.24) is 4.90 Å². The normalized spacial score (nSPS) is 24.3. The Bertz CT molecular complexity index is 297. The monoisotopic (exact) mass is 205 g/mol. The van der Waals surface area contributed by atoms with E-state index in [0.29, 0.717) is 5.92 Å². The highest BCUT2D eigenvalue weighted by atomic mass is 16.3. The minimum atomic E-state index is -0.161. The Morgan fingerprint density at radius 2 is 2.13 bits per heavy atom. The third-order valence-electron chi connectivity index (χ3n) is 3.24. The Hall–Kier alpha value is -0.860. The molecule has 1 saturated heterocycles. The van der Waals surface area contributed by atoms with Gasteiger partial charge in [0.1, 0.15) is 0 Å². The average Bonchev–Trinajstić information content (AvgIpc) is 2.68. The van der Waals surface area contributed by atoms with Crippen molar-refractivity contribution >= 4 is 0 Å². The molecule has 2 rings (SSSR count). The summed E-state index contributed by atoms with van der Waals surface area (Å²) in [6.07, 6.45) is 0.968. The van der Waals surface area contributed by atoms with Crippen LogP contribution in [0.3, 0.4) is 0 Å². The van der Waals surface area contributed by atoms with Crippen molar-refractivity contribution in [1.29, 1.82) is 0 Å². The van der Waals surface area contributed by atoms with E-state index in [0.717, 1.165) is 26.1 Å². The molecule has 1 aliphatic heterocycles. The van der Waals surface area contributed by atoms with Crippen molar-refractivity contribution in [2.24, 2.45) is 5.92 Å². The van der Waals surface area contributed by atoms with Crippen LogP contribution in [0.1, 0.15) is 18.9 Å². The van der Waals surface area contributed by atoms with E-state index in [-0.39, 0.29) is 6.10 Å². The molecule has 1 aliphatic rings. The van der Waals surface area contributed by atoms with Gasteiger partial charge in [-0.25, -0.2) is 0 Å². The highest BCUT2D eigenvalue weighted by Gasteiger charge is 2.25. The average molecular weight is 205 g/mol. The van der Waals surface area contributed by atoms with Gasteiger partial charge in [0.15, 0.2) is 0 Å². The van der Waals surface area contributed by atoms with Crippen LogP contribution >= 0.6 is 0 Å². The van der Waals surface area contributed by atoms with E-state index in [4.69, 9.17) is 0 Å². The van der Waals surface area contributed by atoms with Crippen LogP contribution in [0.4, 0.5) is 0 Å². The standard InChI is InChI=1S/C13H19NO/c1-11(15)13-7-8-14(10-13)9-12-5-3-2-4-6-12/h2-6,11,13,15H,7-10H2,1H3/t11-,13-/m1/s1. The lowest BCUT2D eigenvalue weighted by atomic mass is 10.0. The summed E-state index contributed by atoms with van der Waals surface area (Å²) in [7, 11) is 0. The molecule has 2 atom stereocenters. The summed E-state index contributed by atoms with van der Waals surface area (Å²) in [6.45, 7) is 5.07. The van der Waals surface area contributed by atoms with E-state index in [1.54, 1.807) is 0 Å². The molecule has 0 spiro atoms. The number of hydrogen-bond acceptors (Lipinski definition) is 2. The van der Waals surface area contributed by atoms with Crippen molar-refractivity contribution in [3.63, 3.8) is 0 Å². The minimum Gasteiger partial charge on any atom is -0.393 e. The molecule has 1 N–H and O–H groups in total. The van der Waals surface area contributed by atoms with E-state index in [1.807, 2.05) is 13.0 Å². The zero-order valence-corrected chi connectivity index (χ0v) is 9.26. The van der Waals surface area contributed by atoms with Crippen molar-refractivity contribution in [2.75, 3.05) is 13.1 Å². The second-order valence-corrected chi connectivity index (χ2v) is 4.51. The molecule has 0 bridgehead atoms. The first-order valence-corrected chi connectivity index (χ1v) is 5.70. The SMILES string of the molecule is C[C@@H](O)[C@@H]1CCN(Cc2ccccc2)C1. The first-order valence-electron chi connectivity index (χ1n) is 5.70. The van der Waals surface area contributed by atoms with Gasteiger partial charge in [-0.3, -0.25) is 4.90 Å². The van der Waals surface area contributed by atoms with Crippen LogP contribution in [0.2, 0.25) is 0 Å². The topological polar surface area (TPSA) is 23.5 Å². The fraction of sp³-hybridized carbons (Fsp3) is 0.538. The van der Waals surface area contributed by atoms with Crippen LogP contribution < -0.4 is 0 Å². The van der Waals surface area contributed by atoms with Gasteiger partial charge in [-0.1, -0.05) is 30.3 Å². The number of aliphatic hydroxyl groups excluding tert-OH is 1. The Balaban J connectivity index is 1.88. The third-order valence-corrected chi connectivity index (χ3v) is 3.24. The maximum absolute atomic E-state index is 9.51. The lowest BCUT2D eigenvalue weighted by molar-refractivity contribution is 0.127. The molecular weight excluding hydrogens is 186 g/mol. The predicted molar refractivity (Wildman–Crippen MR) is 61.5 cm³/mol. The zero-order valence-electron chi connectivity index (χ0n) is 9.26. The molecule has 1 aromatic rings. The fourth-order valence-electron chi connectivity index (χ4n) is 2.24. The van der Waals surface area contributed by atoms with Gasteiger partial charge in [0, 0.05) is 13.1 Å². The summed E-state index contributed by atoms with van der Waals surface area (Å²) in [5.41, 5.74) is 1.36. The van der Waals surface area contributed by atoms with E-state index in [9.17, 15) is 5.11 Å². The molecule has 1 heterocycles. The summed E-state index contributed by atoms with van der Waals surface area (Å²) >= 11 is 0. The van der Waals surface area contributed by atoms with Crippen LogP contribution in [0.15, 0.2) is 30.3 Å². The second-order valence-electron chi connectivity index (χ2n) is 4.51. The summed E-state index contributed by atoms with van der Waals surface area (Å²) in [6, 6.07) is 10.5. The summed E-state index contributed by atoms with van der Waals surface area (Å²) < 4.78 is 0. The van der Waals surface area contributed by atoms with Crippen LogP contribution in [0, 0.1) is 5.92 Å². The van der Waals surface area contributed by atoms with Gasteiger partial charge in [0.25, 0.3) is 0 Å².